The van der Waals surface area contributed by atoms with E-state index in [1.165, 1.54) is 18.3 Å². The van der Waals surface area contributed by atoms with Gasteiger partial charge in [0.05, 0.1) is 11.9 Å². The van der Waals surface area contributed by atoms with Crippen LogP contribution in [-0.2, 0) is 6.18 Å². The van der Waals surface area contributed by atoms with Crippen LogP contribution in [0.3, 0.4) is 0 Å². The topological polar surface area (TPSA) is 58.6 Å². The summed E-state index contributed by atoms with van der Waals surface area (Å²) in [7, 11) is 0. The second kappa shape index (κ2) is 4.00. The number of imidazole rings is 1. The Hall–Kier alpha value is -2.18. The van der Waals surface area contributed by atoms with Crippen molar-refractivity contribution in [3.63, 3.8) is 0 Å². The van der Waals surface area contributed by atoms with Gasteiger partial charge < -0.3 is 4.98 Å². The normalized spacial score (nSPS) is 11.5. The fourth-order valence-corrected chi connectivity index (χ4v) is 1.25. The molecule has 17 heavy (non-hydrogen) atoms. The maximum Gasteiger partial charge on any atom is 0.433 e. The molecule has 2 aromatic heterocycles. The number of rotatable bonds is 2. The average Bonchev–Trinajstić information content (AvgIpc) is 2.76. The number of halogens is 3. The number of nitrogens with zero attached hydrogens (tertiary/aromatic N) is 2. The number of hydrogen-bond acceptors (Lipinski definition) is 3. The fraction of sp³-hybridized carbons (Fsp3) is 0.100. The predicted molar refractivity (Wildman–Crippen MR) is 52.2 cm³/mol. The zero-order chi connectivity index (χ0) is 12.5. The van der Waals surface area contributed by atoms with Crippen LogP contribution >= 0.6 is 0 Å². The summed E-state index contributed by atoms with van der Waals surface area (Å²) in [6, 6.07) is 3.48. The largest absolute Gasteiger partial charge is 0.433 e. The van der Waals surface area contributed by atoms with E-state index in [-0.39, 0.29) is 17.2 Å². The number of H-pyrrole nitrogens is 1. The molecule has 88 valence electrons. The minimum atomic E-state index is -4.50. The first-order valence-corrected chi connectivity index (χ1v) is 4.55. The zero-order valence-corrected chi connectivity index (χ0v) is 8.32. The Bertz CT molecular complexity index is 548. The summed E-state index contributed by atoms with van der Waals surface area (Å²) >= 11 is 0. The molecule has 0 radical (unpaired) electrons. The SMILES string of the molecule is O=Cc1cnc(-c2cccc(C(F)(F)F)n2)[nH]1. The molecule has 0 saturated carbocycles. The van der Waals surface area contributed by atoms with E-state index in [0.29, 0.717) is 6.29 Å². The highest BCUT2D eigenvalue weighted by atomic mass is 19.4. The Labute approximate surface area is 93.5 Å². The van der Waals surface area contributed by atoms with Crippen molar-refractivity contribution in [3.8, 4) is 11.5 Å². The number of pyridine rings is 1. The van der Waals surface area contributed by atoms with Gasteiger partial charge in [0, 0.05) is 0 Å². The first-order chi connectivity index (χ1) is 8.00. The lowest BCUT2D eigenvalue weighted by Gasteiger charge is -2.05. The lowest BCUT2D eigenvalue weighted by molar-refractivity contribution is -0.141. The molecule has 2 heterocycles. The van der Waals surface area contributed by atoms with Gasteiger partial charge in [-0.25, -0.2) is 9.97 Å². The zero-order valence-electron chi connectivity index (χ0n) is 8.32. The van der Waals surface area contributed by atoms with Gasteiger partial charge in [-0.2, -0.15) is 13.2 Å². The number of nitrogens with one attached hydrogen (secondary N) is 1. The number of hydrogen-bond donors (Lipinski definition) is 1. The lowest BCUT2D eigenvalue weighted by atomic mass is 10.3. The van der Waals surface area contributed by atoms with Gasteiger partial charge in [0.15, 0.2) is 12.1 Å². The van der Waals surface area contributed by atoms with Gasteiger partial charge in [0.1, 0.15) is 11.4 Å². The highest BCUT2D eigenvalue weighted by Gasteiger charge is 2.32. The first kappa shape index (κ1) is 11.3. The van der Waals surface area contributed by atoms with Crippen LogP contribution in [0.5, 0.6) is 0 Å². The number of carbonyl (C=O) groups is 1. The Balaban J connectivity index is 2.42. The fourth-order valence-electron chi connectivity index (χ4n) is 1.25. The molecule has 0 aliphatic rings. The van der Waals surface area contributed by atoms with E-state index in [1.807, 2.05) is 0 Å². The monoisotopic (exact) mass is 241 g/mol. The van der Waals surface area contributed by atoms with E-state index in [1.54, 1.807) is 0 Å². The molecule has 0 atom stereocenters. The number of aromatic nitrogens is 3. The van der Waals surface area contributed by atoms with Crippen LogP contribution < -0.4 is 0 Å². The molecular formula is C10H6F3N3O. The van der Waals surface area contributed by atoms with Crippen molar-refractivity contribution in [1.29, 1.82) is 0 Å². The first-order valence-electron chi connectivity index (χ1n) is 4.55. The van der Waals surface area contributed by atoms with Gasteiger partial charge in [0.2, 0.25) is 0 Å². The molecule has 0 bridgehead atoms. The summed E-state index contributed by atoms with van der Waals surface area (Å²) in [4.78, 5) is 20.1. The van der Waals surface area contributed by atoms with Crippen molar-refractivity contribution in [2.75, 3.05) is 0 Å². The Morgan fingerprint density at radius 2 is 2.06 bits per heavy atom. The van der Waals surface area contributed by atoms with Crippen LogP contribution in [0.2, 0.25) is 0 Å². The third-order valence-corrected chi connectivity index (χ3v) is 2.00. The van der Waals surface area contributed by atoms with E-state index in [9.17, 15) is 18.0 Å². The van der Waals surface area contributed by atoms with E-state index in [2.05, 4.69) is 15.0 Å². The molecule has 0 saturated heterocycles. The highest BCUT2D eigenvalue weighted by Crippen LogP contribution is 2.28. The Morgan fingerprint density at radius 3 is 2.65 bits per heavy atom. The average molecular weight is 241 g/mol. The third kappa shape index (κ3) is 2.32. The Kier molecular flexibility index (Phi) is 2.66. The molecule has 0 aliphatic carbocycles. The van der Waals surface area contributed by atoms with Gasteiger partial charge in [-0.3, -0.25) is 4.79 Å². The molecule has 7 heteroatoms. The van der Waals surface area contributed by atoms with Crippen LogP contribution in [0.1, 0.15) is 16.2 Å². The van der Waals surface area contributed by atoms with Gasteiger partial charge in [0.25, 0.3) is 0 Å². The number of aldehydes is 1. The minimum Gasteiger partial charge on any atom is -0.334 e. The second-order valence-electron chi connectivity index (χ2n) is 3.21. The van der Waals surface area contributed by atoms with Crippen molar-refractivity contribution in [1.82, 2.24) is 15.0 Å². The minimum absolute atomic E-state index is 0.0351. The van der Waals surface area contributed by atoms with Crippen molar-refractivity contribution >= 4 is 6.29 Å². The molecule has 0 fully saturated rings. The van der Waals surface area contributed by atoms with Crippen molar-refractivity contribution < 1.29 is 18.0 Å². The van der Waals surface area contributed by atoms with Crippen LogP contribution in [0.25, 0.3) is 11.5 Å². The maximum absolute atomic E-state index is 12.4. The molecular weight excluding hydrogens is 235 g/mol. The van der Waals surface area contributed by atoms with Crippen molar-refractivity contribution in [2.24, 2.45) is 0 Å². The maximum atomic E-state index is 12.4. The van der Waals surface area contributed by atoms with Gasteiger partial charge in [-0.15, -0.1) is 0 Å². The van der Waals surface area contributed by atoms with Gasteiger partial charge in [-0.1, -0.05) is 6.07 Å². The summed E-state index contributed by atoms with van der Waals surface area (Å²) in [6.45, 7) is 0. The van der Waals surface area contributed by atoms with E-state index < -0.39 is 11.9 Å². The molecule has 2 rings (SSSR count). The molecule has 4 nitrogen and oxygen atoms in total. The molecule has 0 aromatic carbocycles. The molecule has 0 unspecified atom stereocenters. The third-order valence-electron chi connectivity index (χ3n) is 2.00. The predicted octanol–water partition coefficient (Wildman–Crippen LogP) is 2.30. The van der Waals surface area contributed by atoms with E-state index >= 15 is 0 Å². The number of carbonyl (C=O) groups excluding carboxylic acids is 1. The molecule has 0 aliphatic heterocycles. The van der Waals surface area contributed by atoms with Crippen LogP contribution in [0.4, 0.5) is 13.2 Å². The smallest absolute Gasteiger partial charge is 0.334 e. The molecule has 1 N–H and O–H groups in total. The van der Waals surface area contributed by atoms with Gasteiger partial charge >= 0.3 is 6.18 Å². The highest BCUT2D eigenvalue weighted by molar-refractivity contribution is 5.72. The second-order valence-corrected chi connectivity index (χ2v) is 3.21. The van der Waals surface area contributed by atoms with E-state index in [0.717, 1.165) is 6.07 Å². The summed E-state index contributed by atoms with van der Waals surface area (Å²) in [6.07, 6.45) is -2.76. The summed E-state index contributed by atoms with van der Waals surface area (Å²) in [5.41, 5.74) is -0.786. The van der Waals surface area contributed by atoms with Crippen molar-refractivity contribution in [2.45, 2.75) is 6.18 Å². The molecule has 0 amide bonds. The van der Waals surface area contributed by atoms with Crippen LogP contribution in [0.15, 0.2) is 24.4 Å². The Morgan fingerprint density at radius 1 is 1.29 bits per heavy atom. The van der Waals surface area contributed by atoms with Crippen LogP contribution in [-0.4, -0.2) is 21.2 Å². The van der Waals surface area contributed by atoms with Crippen molar-refractivity contribution in [3.05, 3.63) is 35.8 Å². The summed E-state index contributed by atoms with van der Waals surface area (Å²) in [5, 5.41) is 0. The van der Waals surface area contributed by atoms with E-state index in [4.69, 9.17) is 0 Å². The standard InChI is InChI=1S/C10H6F3N3O/c11-10(12,13)8-3-1-2-7(16-8)9-14-4-6(5-17)15-9/h1-5H,(H,14,15). The van der Waals surface area contributed by atoms with Crippen LogP contribution in [0, 0.1) is 0 Å². The quantitative estimate of drug-likeness (QED) is 0.820. The van der Waals surface area contributed by atoms with Gasteiger partial charge in [-0.05, 0) is 12.1 Å². The lowest BCUT2D eigenvalue weighted by Crippen LogP contribution is -2.08. The summed E-state index contributed by atoms with van der Waals surface area (Å²) in [5.74, 6) is 0.123. The summed E-state index contributed by atoms with van der Waals surface area (Å²) < 4.78 is 37.2. The molecule has 0 spiro atoms. The number of alkyl halides is 3. The molecule has 2 aromatic rings. The number of aromatic amines is 1.